The monoisotopic (exact) mass is 409 g/mol. The Morgan fingerprint density at radius 3 is 2.43 bits per heavy atom. The van der Waals surface area contributed by atoms with Crippen LogP contribution in [0.1, 0.15) is 0 Å². The van der Waals surface area contributed by atoms with Crippen molar-refractivity contribution in [2.45, 2.75) is 0 Å². The third-order valence-electron chi connectivity index (χ3n) is 3.13. The summed E-state index contributed by atoms with van der Waals surface area (Å²) in [5, 5.41) is 7.03. The van der Waals surface area contributed by atoms with Crippen LogP contribution in [0.15, 0.2) is 51.4 Å². The van der Waals surface area contributed by atoms with Crippen LogP contribution < -0.4 is 5.73 Å². The molecule has 0 saturated heterocycles. The molecule has 0 unspecified atom stereocenters. The van der Waals surface area contributed by atoms with Crippen molar-refractivity contribution in [1.82, 2.24) is 10.2 Å². The van der Waals surface area contributed by atoms with Gasteiger partial charge in [-0.3, -0.25) is 5.10 Å². The quantitative estimate of drug-likeness (QED) is 0.625. The molecule has 0 spiro atoms. The van der Waals surface area contributed by atoms with Crippen LogP contribution in [0.25, 0.3) is 22.4 Å². The highest BCUT2D eigenvalue weighted by molar-refractivity contribution is 9.11. The highest BCUT2D eigenvalue weighted by atomic mass is 79.9. The van der Waals surface area contributed by atoms with E-state index in [4.69, 9.17) is 5.73 Å². The molecule has 6 heteroatoms. The third-order valence-corrected chi connectivity index (χ3v) is 4.28. The Kier molecular flexibility index (Phi) is 3.82. The summed E-state index contributed by atoms with van der Waals surface area (Å²) >= 11 is 6.96. The normalized spacial score (nSPS) is 10.8. The molecular weight excluding hydrogens is 401 g/mol. The summed E-state index contributed by atoms with van der Waals surface area (Å²) in [6.45, 7) is 0. The van der Waals surface area contributed by atoms with Gasteiger partial charge < -0.3 is 5.73 Å². The van der Waals surface area contributed by atoms with Crippen LogP contribution in [0.2, 0.25) is 0 Å². The van der Waals surface area contributed by atoms with Gasteiger partial charge in [0.1, 0.15) is 5.82 Å². The Bertz CT molecular complexity index is 797. The summed E-state index contributed by atoms with van der Waals surface area (Å²) in [7, 11) is 0. The maximum Gasteiger partial charge on any atom is 0.153 e. The Morgan fingerprint density at radius 2 is 1.76 bits per heavy atom. The number of nitrogen functional groups attached to an aromatic ring is 1. The van der Waals surface area contributed by atoms with Gasteiger partial charge >= 0.3 is 0 Å². The topological polar surface area (TPSA) is 54.7 Å². The first-order valence-corrected chi connectivity index (χ1v) is 7.70. The van der Waals surface area contributed by atoms with Crippen molar-refractivity contribution in [1.29, 1.82) is 0 Å². The fraction of sp³-hybridized carbons (Fsp3) is 0. The van der Waals surface area contributed by atoms with Gasteiger partial charge in [-0.1, -0.05) is 50.1 Å². The molecule has 3 N–H and O–H groups in total. The fourth-order valence-corrected chi connectivity index (χ4v) is 3.40. The average molecular weight is 411 g/mol. The predicted molar refractivity (Wildman–Crippen MR) is 89.2 cm³/mol. The maximum absolute atomic E-state index is 13.1. The molecule has 106 valence electrons. The van der Waals surface area contributed by atoms with Crippen molar-refractivity contribution in [3.05, 3.63) is 57.2 Å². The molecule has 3 rings (SSSR count). The van der Waals surface area contributed by atoms with Gasteiger partial charge in [0.15, 0.2) is 5.82 Å². The molecule has 0 fully saturated rings. The summed E-state index contributed by atoms with van der Waals surface area (Å²) in [6, 6.07) is 12.0. The lowest BCUT2D eigenvalue weighted by atomic mass is 10.0. The van der Waals surface area contributed by atoms with Crippen molar-refractivity contribution in [2.75, 3.05) is 5.73 Å². The Morgan fingerprint density at radius 1 is 1.05 bits per heavy atom. The maximum atomic E-state index is 13.1. The van der Waals surface area contributed by atoms with Crippen LogP contribution in [0.4, 0.5) is 10.2 Å². The molecular formula is C15H10Br2FN3. The van der Waals surface area contributed by atoms with Crippen molar-refractivity contribution in [3.8, 4) is 22.4 Å². The van der Waals surface area contributed by atoms with E-state index in [1.165, 1.54) is 12.1 Å². The van der Waals surface area contributed by atoms with E-state index in [9.17, 15) is 4.39 Å². The highest BCUT2D eigenvalue weighted by Crippen LogP contribution is 2.38. The van der Waals surface area contributed by atoms with E-state index in [2.05, 4.69) is 42.1 Å². The van der Waals surface area contributed by atoms with Crippen LogP contribution in [0.5, 0.6) is 0 Å². The van der Waals surface area contributed by atoms with Gasteiger partial charge in [-0.25, -0.2) is 4.39 Å². The molecule has 0 atom stereocenters. The van der Waals surface area contributed by atoms with Crippen LogP contribution in [0.3, 0.4) is 0 Å². The van der Waals surface area contributed by atoms with Crippen molar-refractivity contribution >= 4 is 37.7 Å². The third kappa shape index (κ3) is 2.73. The Labute approximate surface area is 137 Å². The second kappa shape index (κ2) is 5.61. The summed E-state index contributed by atoms with van der Waals surface area (Å²) in [4.78, 5) is 0. The molecule has 21 heavy (non-hydrogen) atoms. The van der Waals surface area contributed by atoms with Gasteiger partial charge in [-0.15, -0.1) is 0 Å². The van der Waals surface area contributed by atoms with Crippen molar-refractivity contribution in [3.63, 3.8) is 0 Å². The molecule has 0 saturated carbocycles. The number of benzene rings is 2. The lowest BCUT2D eigenvalue weighted by Gasteiger charge is -2.07. The number of anilines is 1. The van der Waals surface area contributed by atoms with Gasteiger partial charge in [0, 0.05) is 14.5 Å². The number of hydrogen-bond acceptors (Lipinski definition) is 2. The molecule has 0 amide bonds. The molecule has 0 radical (unpaired) electrons. The highest BCUT2D eigenvalue weighted by Gasteiger charge is 2.16. The number of H-pyrrole nitrogens is 1. The van der Waals surface area contributed by atoms with Gasteiger partial charge in [-0.05, 0) is 29.8 Å². The average Bonchev–Trinajstić information content (AvgIpc) is 2.82. The van der Waals surface area contributed by atoms with Crippen LogP contribution in [0, 0.1) is 5.82 Å². The number of nitrogens with zero attached hydrogens (tertiary/aromatic N) is 1. The second-order valence-corrected chi connectivity index (χ2v) is 6.26. The van der Waals surface area contributed by atoms with Gasteiger partial charge in [0.25, 0.3) is 0 Å². The first-order chi connectivity index (χ1) is 10.1. The minimum Gasteiger partial charge on any atom is -0.382 e. The van der Waals surface area contributed by atoms with E-state index in [-0.39, 0.29) is 5.82 Å². The standard InChI is InChI=1S/C15H10Br2FN3/c16-9-3-6-11(12(17)7-9)14-13(15(19)21-20-14)8-1-4-10(18)5-2-8/h1-7H,(H3,19,20,21). The smallest absolute Gasteiger partial charge is 0.153 e. The fourth-order valence-electron chi connectivity index (χ4n) is 2.15. The Hall–Kier alpha value is -1.66. The number of aromatic nitrogens is 2. The molecule has 3 aromatic rings. The summed E-state index contributed by atoms with van der Waals surface area (Å²) < 4.78 is 15.0. The number of aromatic amines is 1. The van der Waals surface area contributed by atoms with Gasteiger partial charge in [0.2, 0.25) is 0 Å². The first kappa shape index (κ1) is 14.3. The summed E-state index contributed by atoms with van der Waals surface area (Å²) in [6.07, 6.45) is 0. The van der Waals surface area contributed by atoms with Gasteiger partial charge in [-0.2, -0.15) is 5.10 Å². The molecule has 0 aliphatic carbocycles. The minimum atomic E-state index is -0.285. The molecule has 3 nitrogen and oxygen atoms in total. The molecule has 0 aliphatic rings. The van der Waals surface area contributed by atoms with Crippen LogP contribution in [-0.2, 0) is 0 Å². The lowest BCUT2D eigenvalue weighted by Crippen LogP contribution is -1.89. The zero-order valence-electron chi connectivity index (χ0n) is 10.7. The van der Waals surface area contributed by atoms with Gasteiger partial charge in [0.05, 0.1) is 11.3 Å². The molecule has 0 bridgehead atoms. The second-order valence-electron chi connectivity index (χ2n) is 4.49. The zero-order chi connectivity index (χ0) is 15.0. The predicted octanol–water partition coefficient (Wildman–Crippen LogP) is 4.99. The number of rotatable bonds is 2. The number of nitrogens with one attached hydrogen (secondary N) is 1. The van der Waals surface area contributed by atoms with Crippen LogP contribution in [-0.4, -0.2) is 10.2 Å². The number of nitrogens with two attached hydrogens (primary N) is 1. The lowest BCUT2D eigenvalue weighted by molar-refractivity contribution is 0.628. The van der Waals surface area contributed by atoms with E-state index >= 15 is 0 Å². The number of hydrogen-bond donors (Lipinski definition) is 2. The van der Waals surface area contributed by atoms with E-state index in [0.717, 1.165) is 31.3 Å². The molecule has 1 heterocycles. The van der Waals surface area contributed by atoms with E-state index in [0.29, 0.717) is 5.82 Å². The van der Waals surface area contributed by atoms with Crippen LogP contribution >= 0.6 is 31.9 Å². The summed E-state index contributed by atoms with van der Waals surface area (Å²) in [5.41, 5.74) is 9.27. The SMILES string of the molecule is Nc1n[nH]c(-c2ccc(Br)cc2Br)c1-c1ccc(F)cc1. The minimum absolute atomic E-state index is 0.285. The Balaban J connectivity index is 2.19. The summed E-state index contributed by atoms with van der Waals surface area (Å²) in [5.74, 6) is 0.0959. The number of halogens is 3. The largest absolute Gasteiger partial charge is 0.382 e. The molecule has 1 aromatic heterocycles. The van der Waals surface area contributed by atoms with Crippen molar-refractivity contribution in [2.24, 2.45) is 0 Å². The van der Waals surface area contributed by atoms with E-state index in [1.807, 2.05) is 18.2 Å². The zero-order valence-corrected chi connectivity index (χ0v) is 13.9. The first-order valence-electron chi connectivity index (χ1n) is 6.11. The molecule has 2 aromatic carbocycles. The molecule has 0 aliphatic heterocycles. The van der Waals surface area contributed by atoms with E-state index < -0.39 is 0 Å². The van der Waals surface area contributed by atoms with E-state index in [1.54, 1.807) is 12.1 Å². The van der Waals surface area contributed by atoms with Crippen molar-refractivity contribution < 1.29 is 4.39 Å².